The first-order chi connectivity index (χ1) is 11.5. The van der Waals surface area contributed by atoms with Gasteiger partial charge in [-0.3, -0.25) is 10.1 Å². The number of phenols is 1. The molecule has 1 N–H and O–H groups in total. The second-order valence-electron chi connectivity index (χ2n) is 5.02. The van der Waals surface area contributed by atoms with Gasteiger partial charge in [0.15, 0.2) is 0 Å². The number of aromatic hydroxyl groups is 1. The lowest BCUT2D eigenvalue weighted by molar-refractivity contribution is -0.385. The van der Waals surface area contributed by atoms with Crippen molar-refractivity contribution in [1.82, 2.24) is 0 Å². The van der Waals surface area contributed by atoms with Gasteiger partial charge in [0.05, 0.1) is 15.5 Å². The van der Waals surface area contributed by atoms with Crippen molar-refractivity contribution in [2.24, 2.45) is 0 Å². The number of ether oxygens (including phenoxy) is 1. The fraction of sp³-hybridized carbons (Fsp3) is 0. The largest absolute Gasteiger partial charge is 0.507 e. The van der Waals surface area contributed by atoms with Gasteiger partial charge >= 0.3 is 5.69 Å². The third kappa shape index (κ3) is 3.38. The van der Waals surface area contributed by atoms with Crippen LogP contribution in [0.25, 0.3) is 11.1 Å². The van der Waals surface area contributed by atoms with Gasteiger partial charge in [-0.15, -0.1) is 0 Å². The summed E-state index contributed by atoms with van der Waals surface area (Å²) in [6.45, 7) is 0. The molecule has 0 spiro atoms. The van der Waals surface area contributed by atoms with E-state index < -0.39 is 4.92 Å². The lowest BCUT2D eigenvalue weighted by Crippen LogP contribution is -1.94. The summed E-state index contributed by atoms with van der Waals surface area (Å²) in [5.74, 6) is 0.306. The number of nitro groups is 1. The van der Waals surface area contributed by atoms with Crippen LogP contribution in [-0.4, -0.2) is 10.0 Å². The first-order valence-electron chi connectivity index (χ1n) is 7.05. The van der Waals surface area contributed by atoms with Crippen LogP contribution in [0.1, 0.15) is 0 Å². The highest BCUT2D eigenvalue weighted by atomic mass is 79.9. The predicted molar refractivity (Wildman–Crippen MR) is 94.4 cm³/mol. The van der Waals surface area contributed by atoms with Gasteiger partial charge in [-0.1, -0.05) is 42.5 Å². The highest BCUT2D eigenvalue weighted by molar-refractivity contribution is 9.10. The molecule has 0 aliphatic heterocycles. The van der Waals surface area contributed by atoms with Crippen molar-refractivity contribution in [3.05, 3.63) is 81.3 Å². The Labute approximate surface area is 146 Å². The van der Waals surface area contributed by atoms with Gasteiger partial charge in [0.25, 0.3) is 0 Å². The molecule has 3 aromatic carbocycles. The molecule has 0 aliphatic carbocycles. The molecular weight excluding hydrogens is 374 g/mol. The van der Waals surface area contributed by atoms with Gasteiger partial charge in [-0.2, -0.15) is 0 Å². The van der Waals surface area contributed by atoms with Crippen LogP contribution in [0.5, 0.6) is 17.2 Å². The van der Waals surface area contributed by atoms with Crippen LogP contribution in [0.2, 0.25) is 0 Å². The third-order valence-corrected chi connectivity index (χ3v) is 4.05. The normalized spacial score (nSPS) is 10.4. The molecular formula is C18H12BrNO4. The van der Waals surface area contributed by atoms with Crippen molar-refractivity contribution in [3.8, 4) is 28.4 Å². The van der Waals surface area contributed by atoms with Crippen LogP contribution in [0.4, 0.5) is 5.69 Å². The third-order valence-electron chi connectivity index (χ3n) is 3.41. The van der Waals surface area contributed by atoms with E-state index in [9.17, 15) is 15.2 Å². The Kier molecular flexibility index (Phi) is 4.48. The Morgan fingerprint density at radius 2 is 1.58 bits per heavy atom. The number of rotatable bonds is 4. The van der Waals surface area contributed by atoms with E-state index in [-0.39, 0.29) is 17.2 Å². The molecule has 0 saturated heterocycles. The van der Waals surface area contributed by atoms with E-state index in [1.807, 2.05) is 42.5 Å². The van der Waals surface area contributed by atoms with Crippen LogP contribution in [-0.2, 0) is 0 Å². The van der Waals surface area contributed by atoms with Crippen molar-refractivity contribution in [1.29, 1.82) is 0 Å². The fourth-order valence-electron chi connectivity index (χ4n) is 2.23. The van der Waals surface area contributed by atoms with Crippen molar-refractivity contribution >= 4 is 21.6 Å². The quantitative estimate of drug-likeness (QED) is 0.473. The van der Waals surface area contributed by atoms with E-state index in [2.05, 4.69) is 15.9 Å². The molecule has 3 aromatic rings. The van der Waals surface area contributed by atoms with E-state index >= 15 is 0 Å². The van der Waals surface area contributed by atoms with Crippen LogP contribution in [0.15, 0.2) is 71.2 Å². The molecule has 0 atom stereocenters. The van der Waals surface area contributed by atoms with E-state index in [1.54, 1.807) is 12.1 Å². The zero-order chi connectivity index (χ0) is 17.1. The minimum atomic E-state index is -0.597. The molecule has 0 heterocycles. The average molecular weight is 386 g/mol. The van der Waals surface area contributed by atoms with Crippen LogP contribution < -0.4 is 4.74 Å². The number of hydrogen-bond acceptors (Lipinski definition) is 4. The zero-order valence-electron chi connectivity index (χ0n) is 12.3. The molecule has 0 fully saturated rings. The van der Waals surface area contributed by atoms with Crippen molar-refractivity contribution < 1.29 is 14.8 Å². The van der Waals surface area contributed by atoms with E-state index in [0.29, 0.717) is 10.2 Å². The van der Waals surface area contributed by atoms with Crippen LogP contribution >= 0.6 is 15.9 Å². The fourth-order valence-corrected chi connectivity index (χ4v) is 2.55. The summed E-state index contributed by atoms with van der Waals surface area (Å²) in [6, 6.07) is 19.5. The second-order valence-corrected chi connectivity index (χ2v) is 5.88. The highest BCUT2D eigenvalue weighted by Crippen LogP contribution is 2.39. The van der Waals surface area contributed by atoms with Crippen LogP contribution in [0.3, 0.4) is 0 Å². The molecule has 0 amide bonds. The smallest absolute Gasteiger partial charge is 0.315 e. The monoisotopic (exact) mass is 385 g/mol. The lowest BCUT2D eigenvalue weighted by atomic mass is 10.1. The Hall–Kier alpha value is -2.86. The Morgan fingerprint density at radius 3 is 2.21 bits per heavy atom. The Morgan fingerprint density at radius 1 is 0.958 bits per heavy atom. The molecule has 0 aromatic heterocycles. The lowest BCUT2D eigenvalue weighted by Gasteiger charge is -2.09. The number of phenolic OH excluding ortho intramolecular Hbond substituents is 1. The molecule has 6 heteroatoms. The van der Waals surface area contributed by atoms with E-state index in [1.165, 1.54) is 6.07 Å². The Balaban J connectivity index is 1.89. The second kappa shape index (κ2) is 6.72. The molecule has 0 bridgehead atoms. The number of hydrogen-bond donors (Lipinski definition) is 1. The maximum atomic E-state index is 11.1. The molecule has 0 saturated carbocycles. The maximum absolute atomic E-state index is 11.1. The molecule has 0 unspecified atom stereocenters. The first-order valence-corrected chi connectivity index (χ1v) is 7.84. The number of halogens is 1. The van der Waals surface area contributed by atoms with Crippen LogP contribution in [0, 0.1) is 10.1 Å². The van der Waals surface area contributed by atoms with Gasteiger partial charge < -0.3 is 9.84 Å². The molecule has 3 rings (SSSR count). The van der Waals surface area contributed by atoms with E-state index in [4.69, 9.17) is 4.74 Å². The van der Waals surface area contributed by atoms with Gasteiger partial charge in [0.2, 0.25) is 5.75 Å². The highest BCUT2D eigenvalue weighted by Gasteiger charge is 2.19. The standard InChI is InChI=1S/C18H12BrNO4/c19-15-10-18(16(20(22)23)11-17(15)21)24-14-8-6-13(7-9-14)12-4-2-1-3-5-12/h1-11,21H. The summed E-state index contributed by atoms with van der Waals surface area (Å²) in [4.78, 5) is 10.5. The molecule has 24 heavy (non-hydrogen) atoms. The minimum absolute atomic E-state index is 0.0529. The molecule has 0 radical (unpaired) electrons. The number of nitro benzene ring substituents is 1. The van der Waals surface area contributed by atoms with Gasteiger partial charge in [0, 0.05) is 6.07 Å². The van der Waals surface area contributed by atoms with Crippen molar-refractivity contribution in [3.63, 3.8) is 0 Å². The summed E-state index contributed by atoms with van der Waals surface area (Å²) in [6.07, 6.45) is 0. The Bertz CT molecular complexity index is 880. The van der Waals surface area contributed by atoms with Gasteiger partial charge in [-0.05, 0) is 39.2 Å². The zero-order valence-corrected chi connectivity index (χ0v) is 13.9. The summed E-state index contributed by atoms with van der Waals surface area (Å²) >= 11 is 3.13. The van der Waals surface area contributed by atoms with Crippen molar-refractivity contribution in [2.45, 2.75) is 0 Å². The maximum Gasteiger partial charge on any atom is 0.315 e. The first kappa shape index (κ1) is 16.0. The average Bonchev–Trinajstić information content (AvgIpc) is 2.59. The molecule has 120 valence electrons. The topological polar surface area (TPSA) is 72.6 Å². The van der Waals surface area contributed by atoms with Gasteiger partial charge in [0.1, 0.15) is 11.5 Å². The van der Waals surface area contributed by atoms with E-state index in [0.717, 1.165) is 17.2 Å². The number of nitrogens with zero attached hydrogens (tertiary/aromatic N) is 1. The summed E-state index contributed by atoms with van der Waals surface area (Å²) < 4.78 is 5.94. The van der Waals surface area contributed by atoms with Crippen molar-refractivity contribution in [2.75, 3.05) is 0 Å². The molecule has 5 nitrogen and oxygen atoms in total. The van der Waals surface area contributed by atoms with Gasteiger partial charge in [-0.25, -0.2) is 0 Å². The molecule has 0 aliphatic rings. The summed E-state index contributed by atoms with van der Waals surface area (Å²) in [5.41, 5.74) is 1.79. The summed E-state index contributed by atoms with van der Waals surface area (Å²) in [7, 11) is 0. The predicted octanol–water partition coefficient (Wildman–Crippen LogP) is 5.52. The minimum Gasteiger partial charge on any atom is -0.507 e. The summed E-state index contributed by atoms with van der Waals surface area (Å²) in [5, 5.41) is 20.7. The SMILES string of the molecule is O=[N+]([O-])c1cc(O)c(Br)cc1Oc1ccc(-c2ccccc2)cc1. The number of benzene rings is 3.